The summed E-state index contributed by atoms with van der Waals surface area (Å²) in [5.74, 6) is 7.07. The minimum Gasteiger partial charge on any atom is -0.350 e. The van der Waals surface area contributed by atoms with E-state index in [1.54, 1.807) is 18.7 Å². The molecule has 0 amide bonds. The molecule has 0 aliphatic carbocycles. The van der Waals surface area contributed by atoms with E-state index in [2.05, 4.69) is 35.0 Å². The van der Waals surface area contributed by atoms with Crippen LogP contribution in [0.3, 0.4) is 0 Å². The van der Waals surface area contributed by atoms with Crippen LogP contribution in [0.15, 0.2) is 59.6 Å². The quantitative estimate of drug-likeness (QED) is 0.438. The molecule has 2 aromatic carbocycles. The van der Waals surface area contributed by atoms with Crippen LogP contribution in [0.2, 0.25) is 0 Å². The van der Waals surface area contributed by atoms with Gasteiger partial charge in [-0.05, 0) is 31.2 Å². The Morgan fingerprint density at radius 2 is 1.91 bits per heavy atom. The highest BCUT2D eigenvalue weighted by Crippen LogP contribution is 2.22. The molecule has 3 heteroatoms. The van der Waals surface area contributed by atoms with E-state index in [-0.39, 0.29) is 5.78 Å². The van der Waals surface area contributed by atoms with Crippen LogP contribution in [0.4, 0.5) is 0 Å². The first-order valence-electron chi connectivity index (χ1n) is 7.03. The third-order valence-corrected chi connectivity index (χ3v) is 4.15. The summed E-state index contributed by atoms with van der Waals surface area (Å²) in [5, 5.41) is 2.35. The van der Waals surface area contributed by atoms with Crippen molar-refractivity contribution in [1.29, 1.82) is 0 Å². The molecule has 3 rings (SSSR count). The molecule has 0 aliphatic heterocycles. The summed E-state index contributed by atoms with van der Waals surface area (Å²) in [6, 6.07) is 17.8. The maximum absolute atomic E-state index is 11.2. The first-order valence-corrected chi connectivity index (χ1v) is 8.01. The standard InChI is InChI=1S/C19H15NOS/c1-14(21)16-10-8-15(9-11-16)5-4-12-22-19-13-17-6-2-3-7-18(17)20-19/h2-3,6-11,13,20H,12H2,1H3. The summed E-state index contributed by atoms with van der Waals surface area (Å²) in [7, 11) is 0. The second kappa shape index (κ2) is 6.55. The van der Waals surface area contributed by atoms with Crippen molar-refractivity contribution in [2.24, 2.45) is 0 Å². The van der Waals surface area contributed by atoms with Crippen LogP contribution in [-0.2, 0) is 0 Å². The summed E-state index contributed by atoms with van der Waals surface area (Å²) < 4.78 is 0. The number of hydrogen-bond acceptors (Lipinski definition) is 2. The van der Waals surface area contributed by atoms with Gasteiger partial charge < -0.3 is 4.98 Å². The van der Waals surface area contributed by atoms with Crippen LogP contribution in [0.5, 0.6) is 0 Å². The molecule has 0 spiro atoms. The number of H-pyrrole nitrogens is 1. The summed E-state index contributed by atoms with van der Waals surface area (Å²) in [4.78, 5) is 14.6. The van der Waals surface area contributed by atoms with Gasteiger partial charge in [0, 0.05) is 22.0 Å². The van der Waals surface area contributed by atoms with Crippen molar-refractivity contribution in [2.75, 3.05) is 5.75 Å². The average Bonchev–Trinajstić information content (AvgIpc) is 2.95. The molecule has 0 aliphatic rings. The molecule has 0 unspecified atom stereocenters. The van der Waals surface area contributed by atoms with Gasteiger partial charge in [0.2, 0.25) is 0 Å². The molecule has 0 radical (unpaired) electrons. The second-order valence-corrected chi connectivity index (χ2v) is 5.96. The Labute approximate surface area is 133 Å². The lowest BCUT2D eigenvalue weighted by molar-refractivity contribution is 0.101. The SMILES string of the molecule is CC(=O)c1ccc(C#CCSc2cc3ccccc3[nH]2)cc1. The first kappa shape index (κ1) is 14.5. The lowest BCUT2D eigenvalue weighted by atomic mass is 10.1. The maximum atomic E-state index is 11.2. The molecule has 2 nitrogen and oxygen atoms in total. The van der Waals surface area contributed by atoms with Crippen LogP contribution in [0.1, 0.15) is 22.8 Å². The van der Waals surface area contributed by atoms with Crippen molar-refractivity contribution in [1.82, 2.24) is 4.98 Å². The zero-order valence-electron chi connectivity index (χ0n) is 12.2. The second-order valence-electron chi connectivity index (χ2n) is 4.94. The number of benzene rings is 2. The molecule has 1 N–H and O–H groups in total. The number of carbonyl (C=O) groups excluding carboxylic acids is 1. The van der Waals surface area contributed by atoms with Gasteiger partial charge >= 0.3 is 0 Å². The van der Waals surface area contributed by atoms with Crippen molar-refractivity contribution in [3.05, 3.63) is 65.7 Å². The van der Waals surface area contributed by atoms with Crippen molar-refractivity contribution in [3.63, 3.8) is 0 Å². The van der Waals surface area contributed by atoms with Crippen molar-refractivity contribution >= 4 is 28.4 Å². The minimum atomic E-state index is 0.0777. The van der Waals surface area contributed by atoms with E-state index in [1.807, 2.05) is 36.4 Å². The van der Waals surface area contributed by atoms with E-state index in [0.717, 1.165) is 27.4 Å². The number of thioether (sulfide) groups is 1. The van der Waals surface area contributed by atoms with Crippen molar-refractivity contribution in [2.45, 2.75) is 11.9 Å². The number of Topliss-reactive ketones (excluding diaryl/α,β-unsaturated/α-hetero) is 1. The molecule has 22 heavy (non-hydrogen) atoms. The third kappa shape index (κ3) is 3.41. The normalized spacial score (nSPS) is 10.2. The van der Waals surface area contributed by atoms with Gasteiger partial charge in [0.15, 0.2) is 5.78 Å². The van der Waals surface area contributed by atoms with Gasteiger partial charge in [-0.3, -0.25) is 4.79 Å². The number of fused-ring (bicyclic) bond motifs is 1. The average molecular weight is 305 g/mol. The van der Waals surface area contributed by atoms with Gasteiger partial charge in [0.05, 0.1) is 10.8 Å². The topological polar surface area (TPSA) is 32.9 Å². The van der Waals surface area contributed by atoms with Crippen LogP contribution in [-0.4, -0.2) is 16.5 Å². The largest absolute Gasteiger partial charge is 0.350 e. The highest BCUT2D eigenvalue weighted by atomic mass is 32.2. The Balaban J connectivity index is 1.62. The third-order valence-electron chi connectivity index (χ3n) is 3.33. The predicted octanol–water partition coefficient (Wildman–Crippen LogP) is 4.51. The highest BCUT2D eigenvalue weighted by molar-refractivity contribution is 7.99. The zero-order chi connectivity index (χ0) is 15.4. The summed E-state index contributed by atoms with van der Waals surface area (Å²) in [5.41, 5.74) is 2.80. The van der Waals surface area contributed by atoms with Gasteiger partial charge in [-0.1, -0.05) is 53.9 Å². The first-order chi connectivity index (χ1) is 10.7. The van der Waals surface area contributed by atoms with Crippen molar-refractivity contribution in [3.8, 4) is 11.8 Å². The Bertz CT molecular complexity index is 833. The summed E-state index contributed by atoms with van der Waals surface area (Å²) >= 11 is 1.69. The van der Waals surface area contributed by atoms with E-state index in [0.29, 0.717) is 0 Å². The van der Waals surface area contributed by atoms with Crippen LogP contribution >= 0.6 is 11.8 Å². The molecule has 1 aromatic heterocycles. The smallest absolute Gasteiger partial charge is 0.159 e. The van der Waals surface area contributed by atoms with E-state index in [9.17, 15) is 4.79 Å². The molecule has 0 atom stereocenters. The molecule has 1 heterocycles. The number of aromatic nitrogens is 1. The Kier molecular flexibility index (Phi) is 4.32. The molecule has 0 bridgehead atoms. The Morgan fingerprint density at radius 3 is 2.64 bits per heavy atom. The van der Waals surface area contributed by atoms with Crippen LogP contribution < -0.4 is 0 Å². The molecule has 0 fully saturated rings. The van der Waals surface area contributed by atoms with Gasteiger partial charge in [-0.2, -0.15) is 0 Å². The Hall–Kier alpha value is -2.44. The number of hydrogen-bond donors (Lipinski definition) is 1. The molecule has 0 saturated heterocycles. The number of ketones is 1. The van der Waals surface area contributed by atoms with Gasteiger partial charge in [0.1, 0.15) is 0 Å². The number of nitrogens with one attached hydrogen (secondary N) is 1. The zero-order valence-corrected chi connectivity index (χ0v) is 13.0. The maximum Gasteiger partial charge on any atom is 0.159 e. The number of carbonyl (C=O) groups is 1. The van der Waals surface area contributed by atoms with E-state index in [1.165, 1.54) is 5.39 Å². The fourth-order valence-electron chi connectivity index (χ4n) is 2.16. The number of aromatic amines is 1. The molecular formula is C19H15NOS. The lowest BCUT2D eigenvalue weighted by Crippen LogP contribution is -1.90. The predicted molar refractivity (Wildman–Crippen MR) is 92.3 cm³/mol. The number of para-hydroxylation sites is 1. The molecule has 0 saturated carbocycles. The lowest BCUT2D eigenvalue weighted by Gasteiger charge is -1.94. The van der Waals surface area contributed by atoms with Gasteiger partial charge in [-0.25, -0.2) is 0 Å². The fraction of sp³-hybridized carbons (Fsp3) is 0.105. The monoisotopic (exact) mass is 305 g/mol. The molecule has 108 valence electrons. The Morgan fingerprint density at radius 1 is 1.14 bits per heavy atom. The minimum absolute atomic E-state index is 0.0777. The summed E-state index contributed by atoms with van der Waals surface area (Å²) in [6.07, 6.45) is 0. The summed E-state index contributed by atoms with van der Waals surface area (Å²) in [6.45, 7) is 1.57. The number of rotatable bonds is 3. The van der Waals surface area contributed by atoms with E-state index >= 15 is 0 Å². The highest BCUT2D eigenvalue weighted by Gasteiger charge is 1.99. The molecule has 3 aromatic rings. The molecular weight excluding hydrogens is 290 g/mol. The van der Waals surface area contributed by atoms with E-state index < -0.39 is 0 Å². The van der Waals surface area contributed by atoms with Crippen LogP contribution in [0.25, 0.3) is 10.9 Å². The fourth-order valence-corrected chi connectivity index (χ4v) is 2.86. The van der Waals surface area contributed by atoms with Gasteiger partial charge in [-0.15, -0.1) is 0 Å². The van der Waals surface area contributed by atoms with Crippen molar-refractivity contribution < 1.29 is 4.79 Å². The van der Waals surface area contributed by atoms with Gasteiger partial charge in [0.25, 0.3) is 0 Å². The van der Waals surface area contributed by atoms with E-state index in [4.69, 9.17) is 0 Å². The van der Waals surface area contributed by atoms with Crippen LogP contribution in [0, 0.1) is 11.8 Å².